The maximum absolute atomic E-state index is 12.2. The molecule has 0 radical (unpaired) electrons. The monoisotopic (exact) mass is 341 g/mol. The average molecular weight is 341 g/mol. The molecule has 9 heteroatoms. The van der Waals surface area contributed by atoms with Crippen LogP contribution in [0.15, 0.2) is 0 Å². The summed E-state index contributed by atoms with van der Waals surface area (Å²) < 4.78 is 46.1. The highest BCUT2D eigenvalue weighted by Gasteiger charge is 2.52. The molecule has 0 spiro atoms. The van der Waals surface area contributed by atoms with Crippen molar-refractivity contribution >= 4 is 12.1 Å². The number of rotatable bonds is 7. The Balaban J connectivity index is 2.69. The van der Waals surface area contributed by atoms with E-state index in [0.717, 1.165) is 0 Å². The second kappa shape index (κ2) is 6.94. The Morgan fingerprint density at radius 2 is 1.74 bits per heavy atom. The van der Waals surface area contributed by atoms with Crippen LogP contribution in [0.25, 0.3) is 0 Å². The van der Waals surface area contributed by atoms with E-state index in [2.05, 4.69) is 10.1 Å². The van der Waals surface area contributed by atoms with Crippen LogP contribution in [0.3, 0.4) is 0 Å². The summed E-state index contributed by atoms with van der Waals surface area (Å²) in [5, 5.41) is 11.8. The highest BCUT2D eigenvalue weighted by atomic mass is 19.4. The topological polar surface area (TPSA) is 84.9 Å². The molecular weight excluding hydrogens is 319 g/mol. The lowest BCUT2D eigenvalue weighted by atomic mass is 9.83. The normalized spacial score (nSPS) is 18.2. The first-order valence-electron chi connectivity index (χ1n) is 7.20. The SMILES string of the molecule is CC(C)(C)OC(=O)NCC(COCC(F)(F)F)(C(=O)O)C1CC1. The molecule has 23 heavy (non-hydrogen) atoms. The third-order valence-corrected chi connectivity index (χ3v) is 3.36. The smallest absolute Gasteiger partial charge is 0.411 e. The first-order chi connectivity index (χ1) is 10.4. The van der Waals surface area contributed by atoms with E-state index in [9.17, 15) is 27.9 Å². The fourth-order valence-corrected chi connectivity index (χ4v) is 2.15. The van der Waals surface area contributed by atoms with E-state index in [0.29, 0.717) is 12.8 Å². The van der Waals surface area contributed by atoms with Gasteiger partial charge in [0.1, 0.15) is 17.6 Å². The first-order valence-corrected chi connectivity index (χ1v) is 7.20. The van der Waals surface area contributed by atoms with Gasteiger partial charge >= 0.3 is 18.2 Å². The van der Waals surface area contributed by atoms with Gasteiger partial charge in [0, 0.05) is 6.54 Å². The number of nitrogens with one attached hydrogen (secondary N) is 1. The molecule has 0 heterocycles. The summed E-state index contributed by atoms with van der Waals surface area (Å²) in [5.41, 5.74) is -2.34. The molecule has 134 valence electrons. The predicted molar refractivity (Wildman–Crippen MR) is 73.9 cm³/mol. The Bertz CT molecular complexity index is 443. The zero-order chi connectivity index (χ0) is 17.9. The molecule has 1 unspecified atom stereocenters. The molecule has 0 aromatic heterocycles. The molecule has 1 rings (SSSR count). The van der Waals surface area contributed by atoms with E-state index < -0.39 is 42.5 Å². The van der Waals surface area contributed by atoms with Gasteiger partial charge in [-0.1, -0.05) is 0 Å². The number of hydrogen-bond acceptors (Lipinski definition) is 4. The molecule has 0 saturated heterocycles. The quantitative estimate of drug-likeness (QED) is 0.743. The van der Waals surface area contributed by atoms with E-state index in [-0.39, 0.29) is 12.5 Å². The second-order valence-corrected chi connectivity index (χ2v) is 6.70. The predicted octanol–water partition coefficient (Wildman–Crippen LogP) is 2.57. The van der Waals surface area contributed by atoms with Gasteiger partial charge in [0.15, 0.2) is 0 Å². The second-order valence-electron chi connectivity index (χ2n) is 6.70. The highest BCUT2D eigenvalue weighted by Crippen LogP contribution is 2.46. The molecule has 2 N–H and O–H groups in total. The van der Waals surface area contributed by atoms with Gasteiger partial charge in [-0.2, -0.15) is 13.2 Å². The standard InChI is InChI=1S/C14H22F3NO5/c1-12(2,3)23-11(21)18-6-13(10(19)20,9-4-5-9)7-22-8-14(15,16)17/h9H,4-8H2,1-3H3,(H,18,21)(H,19,20). The van der Waals surface area contributed by atoms with Crippen LogP contribution in [0.1, 0.15) is 33.6 Å². The molecule has 1 aliphatic rings. The largest absolute Gasteiger partial charge is 0.481 e. The summed E-state index contributed by atoms with van der Waals surface area (Å²) in [5.74, 6) is -1.62. The van der Waals surface area contributed by atoms with Crippen LogP contribution in [0.4, 0.5) is 18.0 Å². The summed E-state index contributed by atoms with van der Waals surface area (Å²) in [6.45, 7) is 2.43. The maximum Gasteiger partial charge on any atom is 0.411 e. The fraction of sp³-hybridized carbons (Fsp3) is 0.857. The number of carbonyl (C=O) groups is 2. The average Bonchev–Trinajstić information content (AvgIpc) is 3.13. The van der Waals surface area contributed by atoms with Crippen molar-refractivity contribution in [1.82, 2.24) is 5.32 Å². The molecule has 6 nitrogen and oxygen atoms in total. The molecule has 1 amide bonds. The van der Waals surface area contributed by atoms with Gasteiger partial charge in [-0.05, 0) is 39.5 Å². The molecule has 1 fully saturated rings. The minimum Gasteiger partial charge on any atom is -0.481 e. The lowest BCUT2D eigenvalue weighted by Crippen LogP contribution is -2.49. The molecule has 0 aromatic rings. The van der Waals surface area contributed by atoms with Crippen molar-refractivity contribution in [1.29, 1.82) is 0 Å². The summed E-state index contributed by atoms with van der Waals surface area (Å²) in [6, 6.07) is 0. The Hall–Kier alpha value is -1.51. The first kappa shape index (κ1) is 19.5. The summed E-state index contributed by atoms with van der Waals surface area (Å²) in [7, 11) is 0. The van der Waals surface area contributed by atoms with Gasteiger partial charge in [0.25, 0.3) is 0 Å². The van der Waals surface area contributed by atoms with E-state index >= 15 is 0 Å². The number of aliphatic carboxylic acids is 1. The van der Waals surface area contributed by atoms with E-state index in [1.807, 2.05) is 0 Å². The zero-order valence-corrected chi connectivity index (χ0v) is 13.3. The van der Waals surface area contributed by atoms with Crippen LogP contribution in [0, 0.1) is 11.3 Å². The molecular formula is C14H22F3NO5. The fourth-order valence-electron chi connectivity index (χ4n) is 2.15. The minimum absolute atomic E-state index is 0.330. The Labute approximate surface area is 132 Å². The van der Waals surface area contributed by atoms with Crippen molar-refractivity contribution in [2.45, 2.75) is 45.4 Å². The zero-order valence-electron chi connectivity index (χ0n) is 13.3. The van der Waals surface area contributed by atoms with Gasteiger partial charge in [-0.15, -0.1) is 0 Å². The van der Waals surface area contributed by atoms with Gasteiger partial charge < -0.3 is 19.9 Å². The van der Waals surface area contributed by atoms with Crippen LogP contribution < -0.4 is 5.32 Å². The van der Waals surface area contributed by atoms with E-state index in [4.69, 9.17) is 4.74 Å². The Morgan fingerprint density at radius 3 is 2.13 bits per heavy atom. The Morgan fingerprint density at radius 1 is 1.17 bits per heavy atom. The summed E-state index contributed by atoms with van der Waals surface area (Å²) in [6.07, 6.45) is -4.22. The van der Waals surface area contributed by atoms with Crippen LogP contribution in [0.2, 0.25) is 0 Å². The lowest BCUT2D eigenvalue weighted by Gasteiger charge is -2.30. The molecule has 1 aliphatic carbocycles. The van der Waals surface area contributed by atoms with Gasteiger partial charge in [-0.3, -0.25) is 4.79 Å². The van der Waals surface area contributed by atoms with Crippen LogP contribution in [0.5, 0.6) is 0 Å². The number of alkyl carbamates (subject to hydrolysis) is 1. The van der Waals surface area contributed by atoms with Crippen molar-refractivity contribution in [2.75, 3.05) is 19.8 Å². The molecule has 1 atom stereocenters. The van der Waals surface area contributed by atoms with Crippen molar-refractivity contribution in [3.63, 3.8) is 0 Å². The van der Waals surface area contributed by atoms with Gasteiger partial charge in [-0.25, -0.2) is 4.79 Å². The van der Waals surface area contributed by atoms with Crippen LogP contribution >= 0.6 is 0 Å². The molecule has 0 bridgehead atoms. The van der Waals surface area contributed by atoms with Crippen molar-refractivity contribution < 1.29 is 37.3 Å². The van der Waals surface area contributed by atoms with Crippen LogP contribution in [-0.4, -0.2) is 48.7 Å². The summed E-state index contributed by atoms with van der Waals surface area (Å²) >= 11 is 0. The lowest BCUT2D eigenvalue weighted by molar-refractivity contribution is -0.187. The van der Waals surface area contributed by atoms with Crippen molar-refractivity contribution in [3.05, 3.63) is 0 Å². The van der Waals surface area contributed by atoms with Crippen molar-refractivity contribution in [2.24, 2.45) is 11.3 Å². The van der Waals surface area contributed by atoms with Gasteiger partial charge in [0.2, 0.25) is 0 Å². The summed E-state index contributed by atoms with van der Waals surface area (Å²) in [4.78, 5) is 23.3. The number of amides is 1. The minimum atomic E-state index is -4.54. The van der Waals surface area contributed by atoms with Gasteiger partial charge in [0.05, 0.1) is 6.61 Å². The van der Waals surface area contributed by atoms with E-state index in [1.165, 1.54) is 0 Å². The number of hydrogen-bond donors (Lipinski definition) is 2. The molecule has 0 aliphatic heterocycles. The molecule has 0 aromatic carbocycles. The van der Waals surface area contributed by atoms with Crippen molar-refractivity contribution in [3.8, 4) is 0 Å². The number of halogens is 3. The number of carbonyl (C=O) groups excluding carboxylic acids is 1. The number of alkyl halides is 3. The third-order valence-electron chi connectivity index (χ3n) is 3.36. The molecule has 1 saturated carbocycles. The number of carboxylic acid groups (broad SMARTS) is 1. The number of carboxylic acids is 1. The van der Waals surface area contributed by atoms with E-state index in [1.54, 1.807) is 20.8 Å². The maximum atomic E-state index is 12.2. The number of ether oxygens (including phenoxy) is 2. The third kappa shape index (κ3) is 6.64. The highest BCUT2D eigenvalue weighted by molar-refractivity contribution is 5.77. The van der Waals surface area contributed by atoms with Crippen LogP contribution in [-0.2, 0) is 14.3 Å². The Kier molecular flexibility index (Phi) is 5.89.